The van der Waals surface area contributed by atoms with Gasteiger partial charge in [0.15, 0.2) is 18.4 Å². The lowest BCUT2D eigenvalue weighted by molar-refractivity contribution is -0.352. The first-order chi connectivity index (χ1) is 57.0. The number of allylic oxidation sites excluding steroid dienone is 4. The summed E-state index contributed by atoms with van der Waals surface area (Å²) in [4.78, 5) is 32.8. The third-order valence-corrected chi connectivity index (χ3v) is 37.9. The molecule has 0 amide bonds. The molecule has 2 aromatic carbocycles. The number of carbonyl (C=O) groups excluding carboxylic acids is 1. The quantitative estimate of drug-likeness (QED) is 0.0344. The number of hydrogen-bond acceptors (Lipinski definition) is 17. The topological polar surface area (TPSA) is 232 Å². The third-order valence-electron chi connectivity index (χ3n) is 37.9. The van der Waals surface area contributed by atoms with Crippen molar-refractivity contribution in [2.24, 2.45) is 124 Å². The van der Waals surface area contributed by atoms with Gasteiger partial charge in [0, 0.05) is 45.2 Å². The fraction of sp³-hybridized carbons (Fsp3) is 0.814. The Morgan fingerprint density at radius 1 is 0.541 bits per heavy atom. The van der Waals surface area contributed by atoms with Crippen LogP contribution in [-0.2, 0) is 89.1 Å². The number of benzene rings is 2. The first kappa shape index (κ1) is 93.8. The second-order valence-electron chi connectivity index (χ2n) is 45.1. The molecule has 14 aliphatic rings. The molecule has 0 bridgehead atoms. The maximum Gasteiger partial charge on any atom is 0.317 e. The third kappa shape index (κ3) is 15.2. The highest BCUT2D eigenvalue weighted by atomic mass is 16.8. The van der Waals surface area contributed by atoms with Crippen LogP contribution in [0.1, 0.15) is 265 Å². The van der Waals surface area contributed by atoms with E-state index in [2.05, 4.69) is 145 Å². The van der Waals surface area contributed by atoms with Crippen molar-refractivity contribution in [1.29, 1.82) is 0 Å². The van der Waals surface area contributed by atoms with Crippen LogP contribution >= 0.6 is 0 Å². The van der Waals surface area contributed by atoms with E-state index >= 15 is 4.79 Å². The monoisotopic (exact) mass is 1700 g/mol. The van der Waals surface area contributed by atoms with E-state index in [1.807, 2.05) is 90.4 Å². The van der Waals surface area contributed by atoms with Crippen LogP contribution in [0.5, 0.6) is 0 Å². The molecule has 15 unspecified atom stereocenters. The van der Waals surface area contributed by atoms with E-state index in [4.69, 9.17) is 66.3 Å². The Morgan fingerprint density at radius 2 is 1.03 bits per heavy atom. The maximum absolute atomic E-state index is 16.4. The van der Waals surface area contributed by atoms with E-state index in [9.17, 15) is 15.4 Å². The number of hydrogen-bond donors (Lipinski definition) is 1. The Balaban J connectivity index is 0.000000273. The molecular formula is C102H156N3O17-. The first-order valence-electron chi connectivity index (χ1n) is 46.9. The zero-order valence-corrected chi connectivity index (χ0v) is 79.2. The minimum Gasteiger partial charge on any atom is -0.481 e. The van der Waals surface area contributed by atoms with E-state index in [0.29, 0.717) is 68.2 Å². The molecule has 34 atom stereocenters. The Hall–Kier alpha value is -4.35. The van der Waals surface area contributed by atoms with Gasteiger partial charge >= 0.3 is 11.9 Å². The number of carbonyl (C=O) groups is 2. The van der Waals surface area contributed by atoms with Crippen LogP contribution in [0.4, 0.5) is 0 Å². The number of carboxylic acids is 1. The van der Waals surface area contributed by atoms with Crippen molar-refractivity contribution in [2.75, 3.05) is 41.7 Å². The fourth-order valence-electron chi connectivity index (χ4n) is 30.1. The highest BCUT2D eigenvalue weighted by Gasteiger charge is 2.75. The number of esters is 1. The summed E-state index contributed by atoms with van der Waals surface area (Å²) < 4.78 is 94.1. The van der Waals surface area contributed by atoms with E-state index in [1.54, 1.807) is 14.2 Å². The van der Waals surface area contributed by atoms with E-state index in [-0.39, 0.29) is 110 Å². The van der Waals surface area contributed by atoms with Gasteiger partial charge in [0.25, 0.3) is 0 Å². The number of methoxy groups -OCH3 is 4. The van der Waals surface area contributed by atoms with Gasteiger partial charge in [-0.25, -0.2) is 0 Å². The molecule has 1 N–H and O–H groups in total. The SMILES string of the molecule is COC1C[C@]2(C)C(=CCC3C4(C)CC[C@H](C)[C@](C)(OC)[C@@H]4CC[C@@]32C)C2CC(C)(C)CC[C@]12C(=O)O.COC1C[C@]2(C)C(=CCC3C4(C)CC[C@H](C)[C@](C)(OC)[C@@H]4CC[C@@]32C)C2CC(C)(C)CC[C@]12C(=O)O[C@@H]1OC(COCc2ccccc2)[C@H](N=[N+]=[N-])C(C)C1O[C@@H]1O[C@H](C)[C@H](O[C@@H]2OC[C@@H](C)C(OCc3ccccc3)C2C)C2OC(C)(C)OC21.[CH3-]. The van der Waals surface area contributed by atoms with Gasteiger partial charge in [-0.05, 0) is 263 Å². The van der Waals surface area contributed by atoms with Gasteiger partial charge in [0.2, 0.25) is 6.29 Å². The Bertz CT molecular complexity index is 4150. The van der Waals surface area contributed by atoms with Crippen molar-refractivity contribution >= 4 is 11.9 Å². The molecule has 4 heterocycles. The summed E-state index contributed by atoms with van der Waals surface area (Å²) in [5.41, 5.74) is 13.2. The molecule has 682 valence electrons. The molecule has 12 fully saturated rings. The van der Waals surface area contributed by atoms with Gasteiger partial charge in [-0.3, -0.25) is 9.59 Å². The van der Waals surface area contributed by atoms with Crippen molar-refractivity contribution in [1.82, 2.24) is 0 Å². The van der Waals surface area contributed by atoms with Crippen LogP contribution in [0, 0.1) is 127 Å². The normalized spacial score (nSPS) is 48.1. The number of fused-ring (bicyclic) bond motifs is 15. The number of carboxylic acid groups (broad SMARTS) is 1. The van der Waals surface area contributed by atoms with Crippen LogP contribution in [0.2, 0.25) is 0 Å². The minimum atomic E-state index is -1.29. The van der Waals surface area contributed by atoms with Crippen LogP contribution < -0.4 is 0 Å². The molecule has 20 heteroatoms. The highest BCUT2D eigenvalue weighted by Crippen LogP contribution is 2.79. The number of nitrogens with zero attached hydrogens (tertiary/aromatic N) is 3. The zero-order valence-electron chi connectivity index (χ0n) is 79.2. The molecule has 4 saturated heterocycles. The number of ether oxygens (including phenoxy) is 14. The first-order valence-corrected chi connectivity index (χ1v) is 46.9. The second-order valence-corrected chi connectivity index (χ2v) is 45.1. The molecule has 0 spiro atoms. The summed E-state index contributed by atoms with van der Waals surface area (Å²) in [6, 6.07) is 19.3. The molecule has 8 saturated carbocycles. The smallest absolute Gasteiger partial charge is 0.317 e. The molecule has 4 aliphatic heterocycles. The van der Waals surface area contributed by atoms with Crippen molar-refractivity contribution in [3.8, 4) is 0 Å². The van der Waals surface area contributed by atoms with Gasteiger partial charge in [0.1, 0.15) is 35.2 Å². The van der Waals surface area contributed by atoms with Crippen molar-refractivity contribution in [3.63, 3.8) is 0 Å². The second kappa shape index (κ2) is 34.2. The van der Waals surface area contributed by atoms with E-state index in [1.165, 1.54) is 43.3 Å². The number of rotatable bonds is 19. The standard InChI is InChI=1S/C69H101N3O13.C32H52O4.CH3/c1-40-36-78-59(43(4)54(40)77-38-46-24-20-17-21-25-46)82-56-44(5)79-61(58-57(56)84-64(8,9)85-58)81-55-42(3)53(71-72-70)49(39-76-37-45-22-18-16-19-23-45)80-60(55)83-62(73)69-33-32-63(6,7)34-48(69)47-26-27-50-65(10)30-28-41(2)68(13,75-15)51(65)29-31-66(50,11)67(47,12)35-52(69)74-14;1-20-12-14-28(4)23-11-10-21-22-18-27(2,3)16-17-32(22,26(33)34)25(35-8)19-30(21,6)29(23,5)15-13-24(28)31(20,7)36-9;/h16-26,40-44,48-61H,27-39H2,1-15H3;10,20,22-25H,11-19H2,1-9H3,(H,33,34);1H3/q;;-1/t40-,41+,42?,43?,44-,48?,49?,50?,51-,52?,53-,54?,55?,56+,57?,58?,59+,60+,61+,65?,66+,67-,68+,69-;20-,22?,23?,24+,25?,28?,29-,30+,31-,32+;/m10./s1. The van der Waals surface area contributed by atoms with Crippen LogP contribution in [-0.4, -0.2) is 156 Å². The van der Waals surface area contributed by atoms with E-state index < -0.39 is 96.1 Å². The molecule has 122 heavy (non-hydrogen) atoms. The molecule has 20 nitrogen and oxygen atoms in total. The fourth-order valence-corrected chi connectivity index (χ4v) is 30.1. The van der Waals surface area contributed by atoms with Crippen LogP contribution in [0.15, 0.2) is 89.1 Å². The summed E-state index contributed by atoms with van der Waals surface area (Å²) in [7, 11) is 7.40. The summed E-state index contributed by atoms with van der Waals surface area (Å²) >= 11 is 0. The molecule has 10 aliphatic carbocycles. The number of aliphatic carboxylic acids is 1. The van der Waals surface area contributed by atoms with Gasteiger partial charge in [-0.2, -0.15) is 0 Å². The summed E-state index contributed by atoms with van der Waals surface area (Å²) in [5, 5.41) is 15.1. The molecule has 0 radical (unpaired) electrons. The molecule has 2 aromatic rings. The predicted octanol–water partition coefficient (Wildman–Crippen LogP) is 21.4. The lowest BCUT2D eigenvalue weighted by Crippen LogP contribution is -2.69. The van der Waals surface area contributed by atoms with Crippen molar-refractivity contribution in [3.05, 3.63) is 113 Å². The largest absolute Gasteiger partial charge is 0.481 e. The van der Waals surface area contributed by atoms with Gasteiger partial charge < -0.3 is 78.8 Å². The Kier molecular flexibility index (Phi) is 26.3. The summed E-state index contributed by atoms with van der Waals surface area (Å²) in [6.07, 6.45) is 14.5. The molecular weight excluding hydrogens is 1540 g/mol. The van der Waals surface area contributed by atoms with Crippen molar-refractivity contribution in [2.45, 2.75) is 364 Å². The lowest BCUT2D eigenvalue weighted by Gasteiger charge is -2.72. The van der Waals surface area contributed by atoms with Crippen molar-refractivity contribution < 1.29 is 81.0 Å². The average molecular weight is 1700 g/mol. The summed E-state index contributed by atoms with van der Waals surface area (Å²) in [5.74, 6) is 0.323. The summed E-state index contributed by atoms with van der Waals surface area (Å²) in [6.45, 7) is 47.4. The molecule has 0 aromatic heterocycles. The van der Waals surface area contributed by atoms with E-state index in [0.717, 1.165) is 81.8 Å². The Morgan fingerprint density at radius 3 is 1.54 bits per heavy atom. The van der Waals surface area contributed by atoms with Gasteiger partial charge in [-0.15, -0.1) is 0 Å². The van der Waals surface area contributed by atoms with Crippen LogP contribution in [0.25, 0.3) is 10.4 Å². The number of azide groups is 1. The zero-order chi connectivity index (χ0) is 87.2. The minimum absolute atomic E-state index is 0. The highest BCUT2D eigenvalue weighted by molar-refractivity contribution is 5.80. The lowest BCUT2D eigenvalue weighted by atomic mass is 9.33. The van der Waals surface area contributed by atoms with Crippen LogP contribution in [0.3, 0.4) is 0 Å². The van der Waals surface area contributed by atoms with Gasteiger partial charge in [0.05, 0.1) is 74.2 Å². The molecule has 16 rings (SSSR count). The predicted molar refractivity (Wildman–Crippen MR) is 470 cm³/mol. The maximum atomic E-state index is 16.4. The van der Waals surface area contributed by atoms with Gasteiger partial charge in [-0.1, -0.05) is 193 Å². The Labute approximate surface area is 732 Å². The average Bonchev–Trinajstić information content (AvgIpc) is 0.719.